The molecule has 0 amide bonds. The van der Waals surface area contributed by atoms with Crippen LogP contribution in [-0.2, 0) is 9.53 Å². The van der Waals surface area contributed by atoms with Crippen LogP contribution >= 0.6 is 0 Å². The molecule has 0 heterocycles. The first-order valence-corrected chi connectivity index (χ1v) is 8.57. The molecule has 2 heteroatoms. The molecule has 0 saturated heterocycles. The largest absolute Gasteiger partial charge is 0.458 e. The molecule has 0 aromatic rings. The Balaban J connectivity index is 3.40. The van der Waals surface area contributed by atoms with Crippen LogP contribution in [0.25, 0.3) is 0 Å². The summed E-state index contributed by atoms with van der Waals surface area (Å²) in [7, 11) is 0. The number of unbranched alkanes of at least 4 members (excludes halogenated alkanes) is 6. The van der Waals surface area contributed by atoms with Crippen LogP contribution in [0.1, 0.15) is 92.4 Å². The predicted molar refractivity (Wildman–Crippen MR) is 91.4 cm³/mol. The molecule has 0 bridgehead atoms. The van der Waals surface area contributed by atoms with Gasteiger partial charge in [-0.3, -0.25) is 4.79 Å². The highest BCUT2D eigenvalue weighted by Crippen LogP contribution is 2.22. The molecule has 1 unspecified atom stereocenters. The van der Waals surface area contributed by atoms with Crippen LogP contribution in [0.5, 0.6) is 0 Å². The number of carbonyl (C=O) groups excluding carboxylic acids is 1. The van der Waals surface area contributed by atoms with Crippen molar-refractivity contribution in [3.8, 4) is 0 Å². The van der Waals surface area contributed by atoms with Crippen molar-refractivity contribution in [2.75, 3.05) is 0 Å². The molecule has 0 N–H and O–H groups in total. The van der Waals surface area contributed by atoms with Crippen LogP contribution in [0, 0.1) is 5.41 Å². The maximum atomic E-state index is 10.9. The van der Waals surface area contributed by atoms with Gasteiger partial charge in [-0.2, -0.15) is 0 Å². The maximum absolute atomic E-state index is 10.9. The standard InChI is InChI=1S/C19H36O2/c1-16(17(2)21-18(3)20)14-12-10-8-7-9-11-13-15-19(4,5)6/h17H,1,7-15H2,2-6H3. The second-order valence-electron chi connectivity index (χ2n) is 7.45. The van der Waals surface area contributed by atoms with E-state index in [0.29, 0.717) is 5.41 Å². The minimum atomic E-state index is -0.223. The van der Waals surface area contributed by atoms with Gasteiger partial charge in [0.1, 0.15) is 6.10 Å². The van der Waals surface area contributed by atoms with Gasteiger partial charge in [-0.1, -0.05) is 65.9 Å². The van der Waals surface area contributed by atoms with E-state index in [1.807, 2.05) is 6.92 Å². The molecule has 2 nitrogen and oxygen atoms in total. The maximum Gasteiger partial charge on any atom is 0.303 e. The van der Waals surface area contributed by atoms with E-state index in [1.54, 1.807) is 0 Å². The summed E-state index contributed by atoms with van der Waals surface area (Å²) in [4.78, 5) is 10.9. The van der Waals surface area contributed by atoms with Gasteiger partial charge in [-0.05, 0) is 37.2 Å². The van der Waals surface area contributed by atoms with E-state index >= 15 is 0 Å². The minimum absolute atomic E-state index is 0.139. The first-order valence-electron chi connectivity index (χ1n) is 8.57. The van der Waals surface area contributed by atoms with Crippen molar-refractivity contribution in [2.24, 2.45) is 5.41 Å². The Morgan fingerprint density at radius 2 is 1.48 bits per heavy atom. The SMILES string of the molecule is C=C(CCCCCCCCCC(C)(C)C)C(C)OC(C)=O. The fourth-order valence-electron chi connectivity index (χ4n) is 2.43. The number of esters is 1. The quantitative estimate of drug-likeness (QED) is 0.263. The molecule has 124 valence electrons. The summed E-state index contributed by atoms with van der Waals surface area (Å²) in [5, 5.41) is 0. The van der Waals surface area contributed by atoms with Gasteiger partial charge in [0, 0.05) is 6.92 Å². The molecule has 0 aliphatic heterocycles. The number of rotatable bonds is 11. The Labute approximate surface area is 132 Å². The van der Waals surface area contributed by atoms with Gasteiger partial charge in [0.2, 0.25) is 0 Å². The first-order chi connectivity index (χ1) is 9.72. The molecule has 0 saturated carbocycles. The van der Waals surface area contributed by atoms with E-state index in [9.17, 15) is 4.79 Å². The Morgan fingerprint density at radius 1 is 1.00 bits per heavy atom. The van der Waals surface area contributed by atoms with Gasteiger partial charge >= 0.3 is 5.97 Å². The van der Waals surface area contributed by atoms with Crippen molar-refractivity contribution in [3.63, 3.8) is 0 Å². The summed E-state index contributed by atoms with van der Waals surface area (Å²) < 4.78 is 5.12. The summed E-state index contributed by atoms with van der Waals surface area (Å²) in [6.45, 7) is 14.3. The molecule has 0 aliphatic carbocycles. The molecule has 1 atom stereocenters. The zero-order valence-corrected chi connectivity index (χ0v) is 15.0. The molecule has 0 spiro atoms. The predicted octanol–water partition coefficient (Wildman–Crippen LogP) is 6.05. The van der Waals surface area contributed by atoms with Crippen molar-refractivity contribution in [3.05, 3.63) is 12.2 Å². The fraction of sp³-hybridized carbons (Fsp3) is 0.842. The zero-order chi connectivity index (χ0) is 16.3. The third-order valence-electron chi connectivity index (χ3n) is 3.84. The Morgan fingerprint density at radius 3 is 1.95 bits per heavy atom. The second-order valence-corrected chi connectivity index (χ2v) is 7.45. The lowest BCUT2D eigenvalue weighted by molar-refractivity contribution is -0.143. The van der Waals surface area contributed by atoms with Gasteiger partial charge in [0.25, 0.3) is 0 Å². The topological polar surface area (TPSA) is 26.3 Å². The molecule has 0 fully saturated rings. The van der Waals surface area contributed by atoms with Crippen molar-refractivity contribution < 1.29 is 9.53 Å². The third-order valence-corrected chi connectivity index (χ3v) is 3.84. The van der Waals surface area contributed by atoms with Crippen molar-refractivity contribution in [1.82, 2.24) is 0 Å². The Kier molecular flexibility index (Phi) is 10.5. The van der Waals surface area contributed by atoms with Gasteiger partial charge in [-0.15, -0.1) is 0 Å². The van der Waals surface area contributed by atoms with Crippen molar-refractivity contribution in [1.29, 1.82) is 0 Å². The lowest BCUT2D eigenvalue weighted by Gasteiger charge is -2.17. The molecular weight excluding hydrogens is 260 g/mol. The van der Waals surface area contributed by atoms with Crippen LogP contribution in [0.4, 0.5) is 0 Å². The minimum Gasteiger partial charge on any atom is -0.458 e. The summed E-state index contributed by atoms with van der Waals surface area (Å²) in [5.41, 5.74) is 1.52. The number of hydrogen-bond acceptors (Lipinski definition) is 2. The average Bonchev–Trinajstić information content (AvgIpc) is 2.34. The Bertz CT molecular complexity index is 299. The van der Waals surface area contributed by atoms with Crippen LogP contribution in [0.2, 0.25) is 0 Å². The normalized spacial score (nSPS) is 13.0. The van der Waals surface area contributed by atoms with Crippen LogP contribution in [0.15, 0.2) is 12.2 Å². The van der Waals surface area contributed by atoms with E-state index in [4.69, 9.17) is 4.74 Å². The van der Waals surface area contributed by atoms with E-state index < -0.39 is 0 Å². The van der Waals surface area contributed by atoms with Crippen molar-refractivity contribution in [2.45, 2.75) is 98.5 Å². The van der Waals surface area contributed by atoms with Crippen molar-refractivity contribution >= 4 is 5.97 Å². The third kappa shape index (κ3) is 13.9. The highest BCUT2D eigenvalue weighted by Gasteiger charge is 2.09. The number of hydrogen-bond donors (Lipinski definition) is 0. The summed E-state index contributed by atoms with van der Waals surface area (Å²) in [6.07, 6.45) is 11.3. The monoisotopic (exact) mass is 296 g/mol. The smallest absolute Gasteiger partial charge is 0.303 e. The summed E-state index contributed by atoms with van der Waals surface area (Å²) >= 11 is 0. The van der Waals surface area contributed by atoms with Crippen LogP contribution in [0.3, 0.4) is 0 Å². The van der Waals surface area contributed by atoms with Crippen LogP contribution < -0.4 is 0 Å². The average molecular weight is 296 g/mol. The second kappa shape index (κ2) is 10.9. The van der Waals surface area contributed by atoms with E-state index in [1.165, 1.54) is 51.9 Å². The fourth-order valence-corrected chi connectivity index (χ4v) is 2.43. The molecule has 0 aliphatic rings. The molecule has 0 aromatic heterocycles. The van der Waals surface area contributed by atoms with E-state index in [-0.39, 0.29) is 12.1 Å². The van der Waals surface area contributed by atoms with E-state index in [0.717, 1.165) is 18.4 Å². The van der Waals surface area contributed by atoms with Gasteiger partial charge < -0.3 is 4.74 Å². The molecule has 0 aromatic carbocycles. The van der Waals surface area contributed by atoms with Crippen LogP contribution in [-0.4, -0.2) is 12.1 Å². The molecule has 0 radical (unpaired) electrons. The highest BCUT2D eigenvalue weighted by molar-refractivity contribution is 5.66. The molecule has 21 heavy (non-hydrogen) atoms. The first kappa shape index (κ1) is 20.2. The summed E-state index contributed by atoms with van der Waals surface area (Å²) in [5.74, 6) is -0.223. The number of ether oxygens (including phenoxy) is 1. The zero-order valence-electron chi connectivity index (χ0n) is 15.0. The number of carbonyl (C=O) groups is 1. The molecular formula is C19H36O2. The highest BCUT2D eigenvalue weighted by atomic mass is 16.5. The van der Waals surface area contributed by atoms with Gasteiger partial charge in [-0.25, -0.2) is 0 Å². The lowest BCUT2D eigenvalue weighted by Crippen LogP contribution is -2.14. The summed E-state index contributed by atoms with van der Waals surface area (Å²) in [6, 6.07) is 0. The molecule has 0 rings (SSSR count). The Hall–Kier alpha value is -0.790. The lowest BCUT2D eigenvalue weighted by atomic mass is 9.89. The van der Waals surface area contributed by atoms with E-state index in [2.05, 4.69) is 27.4 Å². The van der Waals surface area contributed by atoms with Gasteiger partial charge in [0.05, 0.1) is 0 Å². The van der Waals surface area contributed by atoms with Gasteiger partial charge in [0.15, 0.2) is 0 Å².